The first-order valence-corrected chi connectivity index (χ1v) is 8.45. The zero-order valence-corrected chi connectivity index (χ0v) is 14.9. The molecule has 3 amide bonds. The molecule has 25 heavy (non-hydrogen) atoms. The average Bonchev–Trinajstić information content (AvgIpc) is 2.62. The minimum atomic E-state index is -0.546. The van der Waals surface area contributed by atoms with Gasteiger partial charge in [0.15, 0.2) is 0 Å². The van der Waals surface area contributed by atoms with Crippen LogP contribution >= 0.6 is 12.4 Å². The fourth-order valence-electron chi connectivity index (χ4n) is 3.14. The first-order valence-electron chi connectivity index (χ1n) is 8.45. The van der Waals surface area contributed by atoms with Crippen molar-refractivity contribution in [3.05, 3.63) is 24.3 Å². The third-order valence-corrected chi connectivity index (χ3v) is 4.58. The number of urea groups is 1. The predicted molar refractivity (Wildman–Crippen MR) is 99.2 cm³/mol. The highest BCUT2D eigenvalue weighted by Gasteiger charge is 2.27. The van der Waals surface area contributed by atoms with Crippen LogP contribution in [0.2, 0.25) is 0 Å². The van der Waals surface area contributed by atoms with Crippen molar-refractivity contribution in [1.29, 1.82) is 0 Å². The number of hydrogen-bond donors (Lipinski definition) is 3. The number of nitrogens with two attached hydrogens (primary N) is 1. The topological polar surface area (TPSA) is 96.7 Å². The minimum absolute atomic E-state index is 0. The molecule has 7 nitrogen and oxygen atoms in total. The van der Waals surface area contributed by atoms with Crippen LogP contribution in [-0.4, -0.2) is 44.3 Å². The van der Waals surface area contributed by atoms with Gasteiger partial charge in [-0.05, 0) is 43.4 Å². The molecule has 4 N–H and O–H groups in total. The van der Waals surface area contributed by atoms with E-state index in [2.05, 4.69) is 10.6 Å². The molecule has 2 fully saturated rings. The van der Waals surface area contributed by atoms with Gasteiger partial charge in [0.1, 0.15) is 0 Å². The van der Waals surface area contributed by atoms with Crippen LogP contribution in [0, 0.1) is 5.92 Å². The van der Waals surface area contributed by atoms with E-state index in [4.69, 9.17) is 10.5 Å². The third kappa shape index (κ3) is 4.84. The normalized spacial score (nSPS) is 19.6. The van der Waals surface area contributed by atoms with E-state index in [1.54, 1.807) is 17.0 Å². The molecule has 2 aliphatic heterocycles. The maximum Gasteiger partial charge on any atom is 0.321 e. The summed E-state index contributed by atoms with van der Waals surface area (Å²) in [4.78, 5) is 26.0. The standard InChI is InChI=1S/C17H24N4O3.ClH/c18-15(12-5-9-24-10-6-12)16(22)20-13-3-1-4-14(11-13)21-8-2-7-19-17(21)23;/h1,3-4,11-12,15H,2,5-10,18H2,(H,19,23)(H,20,22);1H. The molecule has 0 aromatic heterocycles. The number of benzene rings is 1. The number of rotatable bonds is 4. The molecular formula is C17H25ClN4O3. The van der Waals surface area contributed by atoms with Gasteiger partial charge in [-0.25, -0.2) is 4.79 Å². The van der Waals surface area contributed by atoms with Crippen molar-refractivity contribution in [2.24, 2.45) is 11.7 Å². The highest BCUT2D eigenvalue weighted by Crippen LogP contribution is 2.23. The molecule has 3 rings (SSSR count). The number of carbonyl (C=O) groups excluding carboxylic acids is 2. The van der Waals surface area contributed by atoms with Gasteiger partial charge in [-0.1, -0.05) is 6.07 Å². The second-order valence-electron chi connectivity index (χ2n) is 6.25. The lowest BCUT2D eigenvalue weighted by Gasteiger charge is -2.28. The lowest BCUT2D eigenvalue weighted by molar-refractivity contribution is -0.119. The van der Waals surface area contributed by atoms with Gasteiger partial charge in [0, 0.05) is 37.7 Å². The Kier molecular flexibility index (Phi) is 7.04. The minimum Gasteiger partial charge on any atom is -0.381 e. The van der Waals surface area contributed by atoms with Gasteiger partial charge in [-0.3, -0.25) is 9.69 Å². The number of halogens is 1. The van der Waals surface area contributed by atoms with E-state index < -0.39 is 6.04 Å². The molecular weight excluding hydrogens is 344 g/mol. The smallest absolute Gasteiger partial charge is 0.321 e. The van der Waals surface area contributed by atoms with Crippen molar-refractivity contribution in [2.75, 3.05) is 36.5 Å². The maximum absolute atomic E-state index is 12.4. The molecule has 0 spiro atoms. The lowest BCUT2D eigenvalue weighted by atomic mass is 9.92. The summed E-state index contributed by atoms with van der Waals surface area (Å²) in [6.45, 7) is 2.69. The van der Waals surface area contributed by atoms with Gasteiger partial charge in [-0.2, -0.15) is 0 Å². The third-order valence-electron chi connectivity index (χ3n) is 4.58. The Morgan fingerprint density at radius 2 is 2.12 bits per heavy atom. The van der Waals surface area contributed by atoms with Gasteiger partial charge < -0.3 is 21.1 Å². The highest BCUT2D eigenvalue weighted by atomic mass is 35.5. The van der Waals surface area contributed by atoms with E-state index in [1.807, 2.05) is 12.1 Å². The number of nitrogens with one attached hydrogen (secondary N) is 2. The highest BCUT2D eigenvalue weighted by molar-refractivity contribution is 5.97. The van der Waals surface area contributed by atoms with Crippen LogP contribution < -0.4 is 21.3 Å². The molecule has 1 unspecified atom stereocenters. The summed E-state index contributed by atoms with van der Waals surface area (Å²) in [6.07, 6.45) is 2.52. The largest absolute Gasteiger partial charge is 0.381 e. The summed E-state index contributed by atoms with van der Waals surface area (Å²) < 4.78 is 5.31. The second-order valence-corrected chi connectivity index (χ2v) is 6.25. The van der Waals surface area contributed by atoms with E-state index in [0.717, 1.165) is 24.9 Å². The predicted octanol–water partition coefficient (Wildman–Crippen LogP) is 1.72. The lowest BCUT2D eigenvalue weighted by Crippen LogP contribution is -2.46. The van der Waals surface area contributed by atoms with Crippen molar-refractivity contribution in [3.63, 3.8) is 0 Å². The number of carbonyl (C=O) groups is 2. The van der Waals surface area contributed by atoms with Crippen molar-refractivity contribution < 1.29 is 14.3 Å². The Hall–Kier alpha value is -1.83. The Labute approximate surface area is 153 Å². The monoisotopic (exact) mass is 368 g/mol. The molecule has 0 bridgehead atoms. The van der Waals surface area contributed by atoms with Crippen molar-refractivity contribution >= 4 is 35.7 Å². The van der Waals surface area contributed by atoms with Gasteiger partial charge in [0.05, 0.1) is 6.04 Å². The summed E-state index contributed by atoms with van der Waals surface area (Å²) in [5.74, 6) is -0.0445. The number of anilines is 2. The second kappa shape index (κ2) is 9.03. The van der Waals surface area contributed by atoms with E-state index in [-0.39, 0.29) is 30.3 Å². The summed E-state index contributed by atoms with van der Waals surface area (Å²) >= 11 is 0. The molecule has 0 saturated carbocycles. The summed E-state index contributed by atoms with van der Waals surface area (Å²) in [7, 11) is 0. The van der Waals surface area contributed by atoms with Crippen LogP contribution in [0.1, 0.15) is 19.3 Å². The Morgan fingerprint density at radius 1 is 1.36 bits per heavy atom. The molecule has 2 heterocycles. The van der Waals surface area contributed by atoms with E-state index in [9.17, 15) is 9.59 Å². The summed E-state index contributed by atoms with van der Waals surface area (Å²) in [6, 6.07) is 6.64. The maximum atomic E-state index is 12.4. The number of ether oxygens (including phenoxy) is 1. The molecule has 0 radical (unpaired) electrons. The fraction of sp³-hybridized carbons (Fsp3) is 0.529. The fourth-order valence-corrected chi connectivity index (χ4v) is 3.14. The molecule has 2 saturated heterocycles. The molecule has 1 aromatic carbocycles. The van der Waals surface area contributed by atoms with Crippen LogP contribution in [0.4, 0.5) is 16.2 Å². The first kappa shape index (κ1) is 19.5. The van der Waals surface area contributed by atoms with Gasteiger partial charge in [0.25, 0.3) is 0 Å². The quantitative estimate of drug-likeness (QED) is 0.753. The van der Waals surface area contributed by atoms with Crippen LogP contribution in [-0.2, 0) is 9.53 Å². The van der Waals surface area contributed by atoms with E-state index in [1.165, 1.54) is 0 Å². The van der Waals surface area contributed by atoms with Gasteiger partial charge >= 0.3 is 6.03 Å². The van der Waals surface area contributed by atoms with E-state index >= 15 is 0 Å². The Morgan fingerprint density at radius 3 is 2.84 bits per heavy atom. The summed E-state index contributed by atoms with van der Waals surface area (Å²) in [5.41, 5.74) is 7.52. The molecule has 8 heteroatoms. The van der Waals surface area contributed by atoms with Crippen LogP contribution in [0.3, 0.4) is 0 Å². The molecule has 2 aliphatic rings. The van der Waals surface area contributed by atoms with Crippen molar-refractivity contribution in [2.45, 2.75) is 25.3 Å². The van der Waals surface area contributed by atoms with Crippen LogP contribution in [0.15, 0.2) is 24.3 Å². The van der Waals surface area contributed by atoms with Gasteiger partial charge in [0.2, 0.25) is 5.91 Å². The molecule has 1 aromatic rings. The molecule has 138 valence electrons. The zero-order chi connectivity index (χ0) is 16.9. The number of amides is 3. The van der Waals surface area contributed by atoms with Crippen LogP contribution in [0.5, 0.6) is 0 Å². The van der Waals surface area contributed by atoms with E-state index in [0.29, 0.717) is 32.0 Å². The molecule has 1 atom stereocenters. The Balaban J connectivity index is 0.00000225. The first-order chi connectivity index (χ1) is 11.6. The number of nitrogens with zero attached hydrogens (tertiary/aromatic N) is 1. The SMILES string of the molecule is Cl.NC(C(=O)Nc1cccc(N2CCCNC2=O)c1)C1CCOCC1. The molecule has 0 aliphatic carbocycles. The van der Waals surface area contributed by atoms with Crippen molar-refractivity contribution in [3.8, 4) is 0 Å². The van der Waals surface area contributed by atoms with Gasteiger partial charge in [-0.15, -0.1) is 12.4 Å². The summed E-state index contributed by atoms with van der Waals surface area (Å²) in [5, 5.41) is 5.69. The number of hydrogen-bond acceptors (Lipinski definition) is 4. The van der Waals surface area contributed by atoms with Crippen molar-refractivity contribution in [1.82, 2.24) is 5.32 Å². The zero-order valence-electron chi connectivity index (χ0n) is 14.1. The Bertz CT molecular complexity index is 607. The average molecular weight is 369 g/mol. The van der Waals surface area contributed by atoms with Crippen LogP contribution in [0.25, 0.3) is 0 Å².